The fourth-order valence-electron chi connectivity index (χ4n) is 2.50. The smallest absolute Gasteiger partial charge is 0.341 e. The van der Waals surface area contributed by atoms with Crippen molar-refractivity contribution >= 4 is 83.5 Å². The van der Waals surface area contributed by atoms with Crippen LogP contribution in [-0.2, 0) is 4.79 Å². The molecule has 0 fully saturated rings. The van der Waals surface area contributed by atoms with Crippen LogP contribution in [0.5, 0.6) is 11.5 Å². The monoisotopic (exact) mass is 650 g/mol. The van der Waals surface area contributed by atoms with Crippen LogP contribution in [0.3, 0.4) is 0 Å². The van der Waals surface area contributed by atoms with Crippen molar-refractivity contribution in [3.8, 4) is 11.5 Å². The molecule has 0 radical (unpaired) electrons. The number of furan rings is 1. The molecule has 0 atom stereocenters. The maximum atomic E-state index is 12.3. The standard InChI is InChI=1S/C19H13Br2IN2O6/c1-28-14-3-9(2-13(22)18(14)29-8-16(25)26)7-23-24-19(27)15-5-10-4-11(20)6-12(21)17(10)30-15/h2-7H,8H2,1H3,(H,24,27)(H,25,26)/b23-7-. The van der Waals surface area contributed by atoms with Crippen LogP contribution in [0.2, 0.25) is 0 Å². The number of aliphatic carboxylic acids is 1. The molecule has 156 valence electrons. The molecule has 1 amide bonds. The first-order chi connectivity index (χ1) is 14.3. The van der Waals surface area contributed by atoms with Crippen molar-refractivity contribution in [2.75, 3.05) is 13.7 Å². The fourth-order valence-corrected chi connectivity index (χ4v) is 4.62. The van der Waals surface area contributed by atoms with E-state index >= 15 is 0 Å². The van der Waals surface area contributed by atoms with E-state index in [2.05, 4.69) is 42.4 Å². The number of carbonyl (C=O) groups is 2. The van der Waals surface area contributed by atoms with Crippen LogP contribution in [0.15, 0.2) is 48.8 Å². The Morgan fingerprint density at radius 2 is 2.03 bits per heavy atom. The number of carboxylic acids is 1. The molecule has 30 heavy (non-hydrogen) atoms. The van der Waals surface area contributed by atoms with E-state index in [-0.39, 0.29) is 5.76 Å². The van der Waals surface area contributed by atoms with Gasteiger partial charge in [0, 0.05) is 9.86 Å². The van der Waals surface area contributed by atoms with Gasteiger partial charge in [-0.25, -0.2) is 10.2 Å². The first-order valence-corrected chi connectivity index (χ1v) is 10.9. The van der Waals surface area contributed by atoms with E-state index in [1.165, 1.54) is 13.3 Å². The zero-order valence-electron chi connectivity index (χ0n) is 15.2. The van der Waals surface area contributed by atoms with Gasteiger partial charge >= 0.3 is 11.9 Å². The number of halogens is 3. The number of nitrogens with zero attached hydrogens (tertiary/aromatic N) is 1. The van der Waals surface area contributed by atoms with Crippen LogP contribution in [0.25, 0.3) is 11.0 Å². The van der Waals surface area contributed by atoms with Gasteiger partial charge in [0.25, 0.3) is 0 Å². The summed E-state index contributed by atoms with van der Waals surface area (Å²) in [6.45, 7) is -0.486. The Labute approximate surface area is 201 Å². The van der Waals surface area contributed by atoms with Crippen LogP contribution in [0.1, 0.15) is 16.1 Å². The topological polar surface area (TPSA) is 110 Å². The van der Waals surface area contributed by atoms with Gasteiger partial charge in [0.15, 0.2) is 23.9 Å². The summed E-state index contributed by atoms with van der Waals surface area (Å²) in [4.78, 5) is 23.1. The third-order valence-electron chi connectivity index (χ3n) is 3.73. The van der Waals surface area contributed by atoms with Gasteiger partial charge < -0.3 is 19.0 Å². The van der Waals surface area contributed by atoms with Crippen molar-refractivity contribution in [1.29, 1.82) is 0 Å². The molecule has 0 saturated carbocycles. The van der Waals surface area contributed by atoms with E-state index in [1.54, 1.807) is 18.2 Å². The highest BCUT2D eigenvalue weighted by Crippen LogP contribution is 2.34. The van der Waals surface area contributed by atoms with Gasteiger partial charge in [0.05, 0.1) is 21.4 Å². The first-order valence-electron chi connectivity index (χ1n) is 8.22. The van der Waals surface area contributed by atoms with Crippen LogP contribution < -0.4 is 14.9 Å². The van der Waals surface area contributed by atoms with Crippen molar-refractivity contribution in [2.45, 2.75) is 0 Å². The van der Waals surface area contributed by atoms with Gasteiger partial charge in [0.1, 0.15) is 5.58 Å². The lowest BCUT2D eigenvalue weighted by molar-refractivity contribution is -0.139. The number of ether oxygens (including phenoxy) is 2. The predicted molar refractivity (Wildman–Crippen MR) is 126 cm³/mol. The molecule has 2 aromatic carbocycles. The average molecular weight is 652 g/mol. The number of amides is 1. The minimum absolute atomic E-state index is 0.116. The first kappa shape index (κ1) is 22.6. The van der Waals surface area contributed by atoms with Crippen molar-refractivity contribution in [3.63, 3.8) is 0 Å². The van der Waals surface area contributed by atoms with Gasteiger partial charge in [0.2, 0.25) is 0 Å². The third-order valence-corrected chi connectivity index (χ3v) is 5.58. The van der Waals surface area contributed by atoms with E-state index in [0.717, 1.165) is 14.3 Å². The van der Waals surface area contributed by atoms with Crippen molar-refractivity contribution in [2.24, 2.45) is 5.10 Å². The SMILES string of the molecule is COc1cc(/C=N\NC(=O)c2cc3cc(Br)cc(Br)c3o2)cc(I)c1OCC(=O)O. The van der Waals surface area contributed by atoms with Gasteiger partial charge in [-0.05, 0) is 74.4 Å². The number of hydrogen-bond donors (Lipinski definition) is 2. The molecule has 11 heteroatoms. The summed E-state index contributed by atoms with van der Waals surface area (Å²) in [5.74, 6) is -0.811. The van der Waals surface area contributed by atoms with Crippen LogP contribution >= 0.6 is 54.5 Å². The summed E-state index contributed by atoms with van der Waals surface area (Å²) < 4.78 is 18.3. The highest BCUT2D eigenvalue weighted by molar-refractivity contribution is 14.1. The van der Waals surface area contributed by atoms with Gasteiger partial charge in [-0.3, -0.25) is 4.79 Å². The summed E-state index contributed by atoms with van der Waals surface area (Å²) in [6, 6.07) is 8.61. The van der Waals surface area contributed by atoms with Crippen molar-refractivity contribution in [1.82, 2.24) is 5.43 Å². The molecule has 1 aromatic heterocycles. The summed E-state index contributed by atoms with van der Waals surface area (Å²) in [7, 11) is 1.44. The van der Waals surface area contributed by atoms with E-state index in [1.807, 2.05) is 34.7 Å². The Kier molecular flexibility index (Phi) is 7.36. The van der Waals surface area contributed by atoms with E-state index in [4.69, 9.17) is 19.0 Å². The summed E-state index contributed by atoms with van der Waals surface area (Å²) in [6.07, 6.45) is 1.43. The van der Waals surface area contributed by atoms with Gasteiger partial charge in [-0.1, -0.05) is 15.9 Å². The number of hydrazone groups is 1. The summed E-state index contributed by atoms with van der Waals surface area (Å²) >= 11 is 8.79. The molecule has 2 N–H and O–H groups in total. The Hall–Kier alpha value is -2.12. The molecule has 0 aliphatic heterocycles. The summed E-state index contributed by atoms with van der Waals surface area (Å²) in [5, 5.41) is 13.5. The van der Waals surface area contributed by atoms with E-state index in [9.17, 15) is 9.59 Å². The summed E-state index contributed by atoms with van der Waals surface area (Å²) in [5.41, 5.74) is 3.59. The highest BCUT2D eigenvalue weighted by Gasteiger charge is 2.15. The average Bonchev–Trinajstić information content (AvgIpc) is 3.11. The number of hydrogen-bond acceptors (Lipinski definition) is 6. The van der Waals surface area contributed by atoms with Gasteiger partial charge in [-0.2, -0.15) is 5.10 Å². The molecule has 0 saturated heterocycles. The number of rotatable bonds is 7. The van der Waals surface area contributed by atoms with Gasteiger partial charge in [-0.15, -0.1) is 0 Å². The number of nitrogens with one attached hydrogen (secondary N) is 1. The Morgan fingerprint density at radius 3 is 2.73 bits per heavy atom. The van der Waals surface area contributed by atoms with Crippen molar-refractivity contribution < 1.29 is 28.6 Å². The predicted octanol–water partition coefficient (Wildman–Crippen LogP) is 4.80. The largest absolute Gasteiger partial charge is 0.493 e. The molecule has 1 heterocycles. The maximum Gasteiger partial charge on any atom is 0.341 e. The number of carbonyl (C=O) groups excluding carboxylic acids is 1. The van der Waals surface area contributed by atoms with E-state index in [0.29, 0.717) is 26.2 Å². The highest BCUT2D eigenvalue weighted by atomic mass is 127. The van der Waals surface area contributed by atoms with Crippen LogP contribution in [-0.4, -0.2) is 36.9 Å². The molecule has 0 spiro atoms. The second-order valence-corrected chi connectivity index (χ2v) is 8.76. The van der Waals surface area contributed by atoms with Crippen molar-refractivity contribution in [3.05, 3.63) is 54.2 Å². The van der Waals surface area contributed by atoms with E-state index < -0.39 is 18.5 Å². The molecule has 0 bridgehead atoms. The molecule has 0 unspecified atom stereocenters. The number of carboxylic acid groups (broad SMARTS) is 1. The molecule has 0 aliphatic carbocycles. The minimum atomic E-state index is -1.09. The zero-order chi connectivity index (χ0) is 21.8. The molecular formula is C19H13Br2IN2O6. The normalized spacial score (nSPS) is 11.1. The lowest BCUT2D eigenvalue weighted by Crippen LogP contribution is -2.16. The molecular weight excluding hydrogens is 639 g/mol. The minimum Gasteiger partial charge on any atom is -0.493 e. The Bertz CT molecular complexity index is 1160. The Morgan fingerprint density at radius 1 is 1.27 bits per heavy atom. The van der Waals surface area contributed by atoms with Crippen LogP contribution in [0, 0.1) is 3.57 Å². The maximum absolute atomic E-state index is 12.3. The molecule has 3 rings (SSSR count). The Balaban J connectivity index is 1.74. The molecule has 0 aliphatic rings. The third kappa shape index (κ3) is 5.32. The van der Waals surface area contributed by atoms with Crippen LogP contribution in [0.4, 0.5) is 0 Å². The number of benzene rings is 2. The lowest BCUT2D eigenvalue weighted by Gasteiger charge is -2.12. The fraction of sp³-hybridized carbons (Fsp3) is 0.105. The zero-order valence-corrected chi connectivity index (χ0v) is 20.6. The number of methoxy groups -OCH3 is 1. The lowest BCUT2D eigenvalue weighted by atomic mass is 10.2. The molecule has 8 nitrogen and oxygen atoms in total. The quantitative estimate of drug-likeness (QED) is 0.216. The second kappa shape index (κ2) is 9.79. The number of fused-ring (bicyclic) bond motifs is 1. The second-order valence-electron chi connectivity index (χ2n) is 5.83. The molecule has 3 aromatic rings.